The highest BCUT2D eigenvalue weighted by Crippen LogP contribution is 2.28. The molecule has 1 N–H and O–H groups in total. The molecule has 2 rings (SSSR count). The Kier molecular flexibility index (Phi) is 1.48. The zero-order chi connectivity index (χ0) is 8.55. The van der Waals surface area contributed by atoms with Crippen LogP contribution in [-0.4, -0.2) is 11.1 Å². The van der Waals surface area contributed by atoms with Gasteiger partial charge < -0.3 is 5.11 Å². The number of hydrogen-bond acceptors (Lipinski definition) is 4. The van der Waals surface area contributed by atoms with Crippen LogP contribution in [0.4, 0.5) is 0 Å². The van der Waals surface area contributed by atoms with E-state index in [1.807, 2.05) is 0 Å². The van der Waals surface area contributed by atoms with E-state index in [1.165, 1.54) is 12.1 Å². The van der Waals surface area contributed by atoms with Crippen molar-refractivity contribution in [2.75, 3.05) is 0 Å². The number of phenolic OH excluding ortho intramolecular Hbond substituents is 1. The van der Waals surface area contributed by atoms with Gasteiger partial charge in [-0.05, 0) is 12.1 Å². The largest absolute Gasteiger partial charge is 0.508 e. The van der Waals surface area contributed by atoms with E-state index >= 15 is 0 Å². The fourth-order valence-corrected chi connectivity index (χ4v) is 1.02. The number of hydrogen-bond donors (Lipinski definition) is 1. The smallest absolute Gasteiger partial charge is 0.379 e. The minimum absolute atomic E-state index is 0.107. The number of carbonyl (C=O) groups is 1. The molecule has 1 aliphatic heterocycles. The lowest BCUT2D eigenvalue weighted by Gasteiger charge is -2.22. The van der Waals surface area contributed by atoms with Crippen molar-refractivity contribution in [3.8, 4) is 5.75 Å². The first-order valence-corrected chi connectivity index (χ1v) is 3.43. The van der Waals surface area contributed by atoms with Gasteiger partial charge in [0.05, 0.1) is 0 Å². The van der Waals surface area contributed by atoms with Crippen molar-refractivity contribution >= 4 is 5.97 Å². The number of carbonyl (C=O) groups excluding carboxylic acids is 1. The number of phenols is 1. The Morgan fingerprint density at radius 3 is 2.75 bits per heavy atom. The maximum atomic E-state index is 10.7. The van der Waals surface area contributed by atoms with Gasteiger partial charge in [0.2, 0.25) is 6.10 Å². The highest BCUT2D eigenvalue weighted by atomic mass is 17.3. The molecular formula is C8H6O4. The molecule has 1 unspecified atom stereocenters. The second-order valence-electron chi connectivity index (χ2n) is 2.47. The monoisotopic (exact) mass is 166 g/mol. The summed E-state index contributed by atoms with van der Waals surface area (Å²) in [6.45, 7) is 0. The van der Waals surface area contributed by atoms with Crippen LogP contribution in [0.25, 0.3) is 0 Å². The molecule has 0 aliphatic carbocycles. The van der Waals surface area contributed by atoms with E-state index in [1.54, 1.807) is 12.1 Å². The summed E-state index contributed by atoms with van der Waals surface area (Å²) in [5.41, 5.74) is 0.603. The van der Waals surface area contributed by atoms with Gasteiger partial charge in [0.1, 0.15) is 5.75 Å². The maximum absolute atomic E-state index is 10.7. The lowest BCUT2D eigenvalue weighted by Crippen LogP contribution is -2.29. The lowest BCUT2D eigenvalue weighted by molar-refractivity contribution is -0.365. The van der Waals surface area contributed by atoms with Gasteiger partial charge in [-0.2, -0.15) is 4.89 Å². The van der Waals surface area contributed by atoms with Crippen LogP contribution in [0.1, 0.15) is 11.7 Å². The number of benzene rings is 1. The third-order valence-electron chi connectivity index (χ3n) is 1.61. The van der Waals surface area contributed by atoms with E-state index in [2.05, 4.69) is 9.78 Å². The molecule has 1 fully saturated rings. The van der Waals surface area contributed by atoms with Crippen LogP contribution in [0.3, 0.4) is 0 Å². The summed E-state index contributed by atoms with van der Waals surface area (Å²) in [6.07, 6.45) is -0.669. The Balaban J connectivity index is 2.28. The Bertz CT molecular complexity index is 321. The average molecular weight is 166 g/mol. The van der Waals surface area contributed by atoms with Gasteiger partial charge in [-0.15, -0.1) is 0 Å². The van der Waals surface area contributed by atoms with E-state index in [4.69, 9.17) is 5.11 Å². The van der Waals surface area contributed by atoms with Crippen LogP contribution >= 0.6 is 0 Å². The maximum Gasteiger partial charge on any atom is 0.379 e. The standard InChI is InChI=1S/C8H6O4/c9-6-3-1-2-5(4-6)7-8(10)12-11-7/h1-4,7,9H. The summed E-state index contributed by atoms with van der Waals surface area (Å²) in [5.74, 6) is -0.323. The minimum atomic E-state index is -0.669. The van der Waals surface area contributed by atoms with Gasteiger partial charge in [0.15, 0.2) is 0 Å². The van der Waals surface area contributed by atoms with E-state index < -0.39 is 12.1 Å². The Morgan fingerprint density at radius 1 is 1.42 bits per heavy atom. The molecule has 0 spiro atoms. The van der Waals surface area contributed by atoms with Crippen LogP contribution in [0.15, 0.2) is 24.3 Å². The first kappa shape index (κ1) is 7.12. The van der Waals surface area contributed by atoms with E-state index in [-0.39, 0.29) is 5.75 Å². The molecule has 0 amide bonds. The second-order valence-corrected chi connectivity index (χ2v) is 2.47. The summed E-state index contributed by atoms with van der Waals surface area (Å²) >= 11 is 0. The Morgan fingerprint density at radius 2 is 2.25 bits per heavy atom. The third-order valence-corrected chi connectivity index (χ3v) is 1.61. The normalized spacial score (nSPS) is 21.3. The molecule has 12 heavy (non-hydrogen) atoms. The van der Waals surface area contributed by atoms with Crippen LogP contribution in [0.2, 0.25) is 0 Å². The van der Waals surface area contributed by atoms with E-state index in [0.717, 1.165) is 0 Å². The highest BCUT2D eigenvalue weighted by Gasteiger charge is 2.35. The van der Waals surface area contributed by atoms with Crippen LogP contribution in [-0.2, 0) is 14.6 Å². The van der Waals surface area contributed by atoms with Crippen molar-refractivity contribution < 1.29 is 19.7 Å². The fraction of sp³-hybridized carbons (Fsp3) is 0.125. The van der Waals surface area contributed by atoms with Crippen molar-refractivity contribution in [1.29, 1.82) is 0 Å². The summed E-state index contributed by atoms with van der Waals surface area (Å²) in [4.78, 5) is 19.4. The molecule has 0 radical (unpaired) electrons. The average Bonchev–Trinajstić information content (AvgIpc) is 2.02. The molecule has 4 heteroatoms. The van der Waals surface area contributed by atoms with E-state index in [9.17, 15) is 4.79 Å². The third kappa shape index (κ3) is 1.02. The molecule has 1 atom stereocenters. The number of rotatable bonds is 1. The summed E-state index contributed by atoms with van der Waals surface area (Å²) < 4.78 is 0. The van der Waals surface area contributed by atoms with Crippen molar-refractivity contribution in [2.45, 2.75) is 6.10 Å². The van der Waals surface area contributed by atoms with Crippen LogP contribution in [0, 0.1) is 0 Å². The summed E-state index contributed by atoms with van der Waals surface area (Å²) in [5, 5.41) is 9.06. The molecular weight excluding hydrogens is 160 g/mol. The van der Waals surface area contributed by atoms with Gasteiger partial charge in [-0.1, -0.05) is 12.1 Å². The van der Waals surface area contributed by atoms with Crippen molar-refractivity contribution in [2.24, 2.45) is 0 Å². The Hall–Kier alpha value is -1.55. The lowest BCUT2D eigenvalue weighted by atomic mass is 10.1. The first-order chi connectivity index (χ1) is 5.77. The Labute approximate surface area is 68.3 Å². The highest BCUT2D eigenvalue weighted by molar-refractivity contribution is 5.79. The quantitative estimate of drug-likeness (QED) is 0.630. The molecule has 1 aromatic carbocycles. The van der Waals surface area contributed by atoms with E-state index in [0.29, 0.717) is 5.56 Å². The summed E-state index contributed by atoms with van der Waals surface area (Å²) in [7, 11) is 0. The molecule has 0 saturated carbocycles. The van der Waals surface area contributed by atoms with Crippen molar-refractivity contribution in [3.63, 3.8) is 0 Å². The van der Waals surface area contributed by atoms with Gasteiger partial charge in [-0.3, -0.25) is 4.89 Å². The predicted molar refractivity (Wildman–Crippen MR) is 38.0 cm³/mol. The first-order valence-electron chi connectivity index (χ1n) is 3.43. The number of aromatic hydroxyl groups is 1. The molecule has 4 nitrogen and oxygen atoms in total. The molecule has 1 aromatic rings. The zero-order valence-electron chi connectivity index (χ0n) is 6.06. The van der Waals surface area contributed by atoms with Gasteiger partial charge in [0, 0.05) is 5.56 Å². The topological polar surface area (TPSA) is 55.8 Å². The van der Waals surface area contributed by atoms with Gasteiger partial charge in [-0.25, -0.2) is 4.79 Å². The molecule has 1 heterocycles. The van der Waals surface area contributed by atoms with Crippen molar-refractivity contribution in [3.05, 3.63) is 29.8 Å². The summed E-state index contributed by atoms with van der Waals surface area (Å²) in [6, 6.07) is 6.31. The molecule has 0 bridgehead atoms. The van der Waals surface area contributed by atoms with Crippen LogP contribution in [0.5, 0.6) is 5.75 Å². The molecule has 62 valence electrons. The van der Waals surface area contributed by atoms with Crippen molar-refractivity contribution in [1.82, 2.24) is 0 Å². The molecule has 1 saturated heterocycles. The zero-order valence-corrected chi connectivity index (χ0v) is 6.06. The molecule has 0 aromatic heterocycles. The fourth-order valence-electron chi connectivity index (χ4n) is 1.02. The van der Waals surface area contributed by atoms with Gasteiger partial charge >= 0.3 is 5.97 Å². The van der Waals surface area contributed by atoms with Gasteiger partial charge in [0.25, 0.3) is 0 Å². The van der Waals surface area contributed by atoms with Crippen LogP contribution < -0.4 is 0 Å². The minimum Gasteiger partial charge on any atom is -0.508 e. The second kappa shape index (κ2) is 2.49. The SMILES string of the molecule is O=C1OOC1c1cccc(O)c1. The predicted octanol–water partition coefficient (Wildman–Crippen LogP) is 0.922. The molecule has 1 aliphatic rings.